The Labute approximate surface area is 200 Å². The predicted molar refractivity (Wildman–Crippen MR) is 131 cm³/mol. The molecule has 172 valence electrons. The third-order valence-corrected chi connectivity index (χ3v) is 7.25. The molecule has 0 radical (unpaired) electrons. The molecule has 0 spiro atoms. The molecule has 7 heteroatoms. The Balaban J connectivity index is 1.10. The number of benzene rings is 1. The highest BCUT2D eigenvalue weighted by Gasteiger charge is 2.30. The summed E-state index contributed by atoms with van der Waals surface area (Å²) in [5.74, 6) is 0.494. The van der Waals surface area contributed by atoms with E-state index in [0.29, 0.717) is 11.1 Å². The van der Waals surface area contributed by atoms with E-state index in [9.17, 15) is 4.79 Å². The van der Waals surface area contributed by atoms with Gasteiger partial charge in [0.1, 0.15) is 5.15 Å². The van der Waals surface area contributed by atoms with Crippen molar-refractivity contribution in [1.82, 2.24) is 24.7 Å². The fourth-order valence-electron chi connectivity index (χ4n) is 4.96. The van der Waals surface area contributed by atoms with E-state index in [0.717, 1.165) is 81.7 Å². The molecule has 6 nitrogen and oxygen atoms in total. The first-order valence-electron chi connectivity index (χ1n) is 11.8. The van der Waals surface area contributed by atoms with Gasteiger partial charge in [-0.3, -0.25) is 19.6 Å². The number of amides is 1. The third-order valence-electron chi connectivity index (χ3n) is 6.92. The normalized spacial score (nSPS) is 18.6. The van der Waals surface area contributed by atoms with E-state index in [-0.39, 0.29) is 5.92 Å². The van der Waals surface area contributed by atoms with Gasteiger partial charge in [0, 0.05) is 68.5 Å². The molecule has 0 aliphatic carbocycles. The van der Waals surface area contributed by atoms with Crippen LogP contribution in [0.4, 0.5) is 0 Å². The standard InChI is InChI=1S/C26H30ClN5O/c27-25-23(17-22-3-1-2-4-24(22)29-25)19-31-13-15-32(16-14-31)26(33)21-7-11-30(12-8-21)18-20-5-9-28-10-6-20/h1-6,9-10,17,21H,7-8,11-16,18-19H2. The smallest absolute Gasteiger partial charge is 0.225 e. The average molecular weight is 464 g/mol. The van der Waals surface area contributed by atoms with Crippen molar-refractivity contribution in [2.45, 2.75) is 25.9 Å². The van der Waals surface area contributed by atoms with Crippen molar-refractivity contribution in [3.05, 3.63) is 71.1 Å². The first-order chi connectivity index (χ1) is 16.2. The summed E-state index contributed by atoms with van der Waals surface area (Å²) in [4.78, 5) is 28.7. The van der Waals surface area contributed by atoms with Gasteiger partial charge >= 0.3 is 0 Å². The number of pyridine rings is 2. The number of hydrogen-bond donors (Lipinski definition) is 0. The maximum absolute atomic E-state index is 13.1. The van der Waals surface area contributed by atoms with Crippen LogP contribution in [0.25, 0.3) is 10.9 Å². The van der Waals surface area contributed by atoms with Crippen molar-refractivity contribution >= 4 is 28.4 Å². The quantitative estimate of drug-likeness (QED) is 0.538. The molecule has 2 saturated heterocycles. The SMILES string of the molecule is O=C(C1CCN(Cc2ccncc2)CC1)N1CCN(Cc2cc3ccccc3nc2Cl)CC1. The number of carbonyl (C=O) groups excluding carboxylic acids is 1. The number of fused-ring (bicyclic) bond motifs is 1. The van der Waals surface area contributed by atoms with Crippen LogP contribution in [0.5, 0.6) is 0 Å². The zero-order chi connectivity index (χ0) is 22.6. The second-order valence-corrected chi connectivity index (χ2v) is 9.50. The molecule has 1 amide bonds. The summed E-state index contributed by atoms with van der Waals surface area (Å²) < 4.78 is 0. The molecule has 33 heavy (non-hydrogen) atoms. The molecule has 0 saturated carbocycles. The lowest BCUT2D eigenvalue weighted by molar-refractivity contribution is -0.139. The van der Waals surface area contributed by atoms with Crippen molar-refractivity contribution in [3.63, 3.8) is 0 Å². The lowest BCUT2D eigenvalue weighted by Gasteiger charge is -2.38. The van der Waals surface area contributed by atoms with Gasteiger partial charge < -0.3 is 4.90 Å². The number of aromatic nitrogens is 2. The lowest BCUT2D eigenvalue weighted by Crippen LogP contribution is -2.51. The van der Waals surface area contributed by atoms with Gasteiger partial charge in [0.15, 0.2) is 0 Å². The van der Waals surface area contributed by atoms with Gasteiger partial charge in [-0.2, -0.15) is 0 Å². The Morgan fingerprint density at radius 2 is 1.61 bits per heavy atom. The number of carbonyl (C=O) groups is 1. The Bertz CT molecular complexity index is 1090. The van der Waals surface area contributed by atoms with Crippen LogP contribution in [0, 0.1) is 5.92 Å². The van der Waals surface area contributed by atoms with Crippen LogP contribution in [0.2, 0.25) is 5.15 Å². The van der Waals surface area contributed by atoms with E-state index >= 15 is 0 Å². The van der Waals surface area contributed by atoms with Gasteiger partial charge in [0.25, 0.3) is 0 Å². The zero-order valence-electron chi connectivity index (χ0n) is 18.9. The van der Waals surface area contributed by atoms with Crippen LogP contribution >= 0.6 is 11.6 Å². The maximum atomic E-state index is 13.1. The Morgan fingerprint density at radius 1 is 0.909 bits per heavy atom. The minimum absolute atomic E-state index is 0.157. The summed E-state index contributed by atoms with van der Waals surface area (Å²) in [6.07, 6.45) is 5.58. The van der Waals surface area contributed by atoms with Crippen LogP contribution in [0.15, 0.2) is 54.9 Å². The van der Waals surface area contributed by atoms with Gasteiger partial charge in [-0.1, -0.05) is 29.8 Å². The molecule has 4 heterocycles. The second kappa shape index (κ2) is 10.2. The summed E-state index contributed by atoms with van der Waals surface area (Å²) in [5.41, 5.74) is 3.26. The molecule has 3 aromatic rings. The van der Waals surface area contributed by atoms with Gasteiger partial charge in [0.05, 0.1) is 5.52 Å². The van der Waals surface area contributed by atoms with Crippen molar-refractivity contribution in [3.8, 4) is 0 Å². The van der Waals surface area contributed by atoms with E-state index in [1.54, 1.807) is 0 Å². The first kappa shape index (κ1) is 22.3. The molecule has 0 N–H and O–H groups in total. The largest absolute Gasteiger partial charge is 0.340 e. The number of piperazine rings is 1. The van der Waals surface area contributed by atoms with Crippen molar-refractivity contribution in [1.29, 1.82) is 0 Å². The van der Waals surface area contributed by atoms with Gasteiger partial charge in [-0.05, 0) is 55.8 Å². The predicted octanol–water partition coefficient (Wildman–Crippen LogP) is 3.84. The number of piperidine rings is 1. The molecule has 0 bridgehead atoms. The summed E-state index contributed by atoms with van der Waals surface area (Å²) >= 11 is 6.46. The van der Waals surface area contributed by atoms with Crippen LogP contribution < -0.4 is 0 Å². The van der Waals surface area contributed by atoms with Crippen molar-refractivity contribution in [2.24, 2.45) is 5.92 Å². The van der Waals surface area contributed by atoms with Crippen LogP contribution in [0.3, 0.4) is 0 Å². The highest BCUT2D eigenvalue weighted by molar-refractivity contribution is 6.30. The molecular formula is C26H30ClN5O. The molecule has 0 atom stereocenters. The molecule has 1 aromatic carbocycles. The number of hydrogen-bond acceptors (Lipinski definition) is 5. The van der Waals surface area contributed by atoms with Crippen LogP contribution in [-0.4, -0.2) is 69.8 Å². The van der Waals surface area contributed by atoms with Crippen molar-refractivity contribution in [2.75, 3.05) is 39.3 Å². The molecule has 2 aromatic heterocycles. The van der Waals surface area contributed by atoms with E-state index < -0.39 is 0 Å². The third kappa shape index (κ3) is 5.35. The Kier molecular flexibility index (Phi) is 6.85. The monoisotopic (exact) mass is 463 g/mol. The maximum Gasteiger partial charge on any atom is 0.225 e. The molecule has 2 aliphatic heterocycles. The zero-order valence-corrected chi connectivity index (χ0v) is 19.6. The van der Waals surface area contributed by atoms with E-state index in [2.05, 4.69) is 48.9 Å². The van der Waals surface area contributed by atoms with Crippen LogP contribution in [0.1, 0.15) is 24.0 Å². The Hall–Kier alpha value is -2.54. The average Bonchev–Trinajstić information content (AvgIpc) is 2.86. The number of rotatable bonds is 5. The summed E-state index contributed by atoms with van der Waals surface area (Å²) in [5, 5.41) is 1.69. The number of halogens is 1. The van der Waals surface area contributed by atoms with Crippen LogP contribution in [-0.2, 0) is 17.9 Å². The highest BCUT2D eigenvalue weighted by atomic mass is 35.5. The first-order valence-corrected chi connectivity index (χ1v) is 12.2. The van der Waals surface area contributed by atoms with Crippen molar-refractivity contribution < 1.29 is 4.79 Å². The minimum Gasteiger partial charge on any atom is -0.340 e. The topological polar surface area (TPSA) is 52.6 Å². The van der Waals surface area contributed by atoms with E-state index in [4.69, 9.17) is 11.6 Å². The fraction of sp³-hybridized carbons (Fsp3) is 0.423. The second-order valence-electron chi connectivity index (χ2n) is 9.14. The molecule has 2 fully saturated rings. The number of likely N-dealkylation sites (tertiary alicyclic amines) is 1. The summed E-state index contributed by atoms with van der Waals surface area (Å²) in [7, 11) is 0. The summed E-state index contributed by atoms with van der Waals surface area (Å²) in [6, 6.07) is 14.3. The number of nitrogens with zero attached hydrogens (tertiary/aromatic N) is 5. The molecular weight excluding hydrogens is 434 g/mol. The molecule has 0 unspecified atom stereocenters. The molecule has 2 aliphatic rings. The van der Waals surface area contributed by atoms with E-state index in [1.807, 2.05) is 30.6 Å². The van der Waals surface area contributed by atoms with Gasteiger partial charge in [-0.15, -0.1) is 0 Å². The fourth-order valence-corrected chi connectivity index (χ4v) is 5.16. The van der Waals surface area contributed by atoms with Gasteiger partial charge in [-0.25, -0.2) is 4.98 Å². The van der Waals surface area contributed by atoms with Gasteiger partial charge in [0.2, 0.25) is 5.91 Å². The minimum atomic E-state index is 0.157. The lowest BCUT2D eigenvalue weighted by atomic mass is 9.94. The molecule has 5 rings (SSSR count). The summed E-state index contributed by atoms with van der Waals surface area (Å²) in [6.45, 7) is 6.98. The number of para-hydroxylation sites is 1. The van der Waals surface area contributed by atoms with E-state index in [1.165, 1.54) is 5.56 Å². The Morgan fingerprint density at radius 3 is 2.36 bits per heavy atom. The highest BCUT2D eigenvalue weighted by Crippen LogP contribution is 2.24.